The van der Waals surface area contributed by atoms with E-state index in [0.717, 1.165) is 17.4 Å². The Labute approximate surface area is 139 Å². The van der Waals surface area contributed by atoms with E-state index in [1.807, 2.05) is 19.2 Å². The predicted octanol–water partition coefficient (Wildman–Crippen LogP) is 1.80. The second-order valence-electron chi connectivity index (χ2n) is 5.40. The molecule has 3 aromatic heterocycles. The van der Waals surface area contributed by atoms with Crippen LogP contribution in [0.1, 0.15) is 16.8 Å². The van der Waals surface area contributed by atoms with Crippen LogP contribution in [0.2, 0.25) is 0 Å². The number of nitrogens with one attached hydrogen (secondary N) is 1. The van der Waals surface area contributed by atoms with E-state index in [9.17, 15) is 4.79 Å². The molecule has 24 heavy (non-hydrogen) atoms. The number of hydrogen-bond donors (Lipinski definition) is 1. The van der Waals surface area contributed by atoms with E-state index in [-0.39, 0.29) is 5.91 Å². The number of rotatable bonds is 6. The minimum atomic E-state index is -0.142. The fraction of sp³-hybridized carbons (Fsp3) is 0.294. The van der Waals surface area contributed by atoms with Crippen molar-refractivity contribution in [3.05, 3.63) is 42.4 Å². The molecule has 0 saturated carbocycles. The Hall–Kier alpha value is -2.80. The molecule has 3 rings (SSSR count). The van der Waals surface area contributed by atoms with Gasteiger partial charge in [-0.2, -0.15) is 5.10 Å². The highest BCUT2D eigenvalue weighted by Crippen LogP contribution is 2.24. The number of aromatic nitrogens is 4. The average Bonchev–Trinajstić information content (AvgIpc) is 3.00. The third-order valence-corrected chi connectivity index (χ3v) is 3.72. The Morgan fingerprint density at radius 1 is 1.38 bits per heavy atom. The summed E-state index contributed by atoms with van der Waals surface area (Å²) in [6.07, 6.45) is 5.86. The van der Waals surface area contributed by atoms with Crippen LogP contribution < -0.4 is 5.32 Å². The van der Waals surface area contributed by atoms with Gasteiger partial charge in [0.25, 0.3) is 5.91 Å². The Bertz CT molecular complexity index is 845. The van der Waals surface area contributed by atoms with E-state index in [0.29, 0.717) is 30.1 Å². The zero-order valence-electron chi connectivity index (χ0n) is 13.7. The first-order valence-electron chi connectivity index (χ1n) is 7.71. The molecule has 0 atom stereocenters. The molecule has 7 heteroatoms. The summed E-state index contributed by atoms with van der Waals surface area (Å²) in [6, 6.07) is 5.54. The molecule has 7 nitrogen and oxygen atoms in total. The fourth-order valence-corrected chi connectivity index (χ4v) is 2.48. The lowest BCUT2D eigenvalue weighted by molar-refractivity contribution is 0.0950. The fourth-order valence-electron chi connectivity index (χ4n) is 2.48. The molecular weight excluding hydrogens is 306 g/mol. The maximum Gasteiger partial charge on any atom is 0.252 e. The van der Waals surface area contributed by atoms with E-state index < -0.39 is 0 Å². The topological polar surface area (TPSA) is 81.9 Å². The van der Waals surface area contributed by atoms with Crippen LogP contribution in [0, 0.1) is 0 Å². The summed E-state index contributed by atoms with van der Waals surface area (Å²) in [5, 5.41) is 7.87. The number of fused-ring (bicyclic) bond motifs is 1. The normalized spacial score (nSPS) is 10.9. The highest BCUT2D eigenvalue weighted by atomic mass is 16.5. The van der Waals surface area contributed by atoms with Crippen molar-refractivity contribution in [2.75, 3.05) is 20.3 Å². The highest BCUT2D eigenvalue weighted by Gasteiger charge is 2.16. The van der Waals surface area contributed by atoms with Crippen LogP contribution in [0.15, 0.2) is 36.8 Å². The van der Waals surface area contributed by atoms with Crippen molar-refractivity contribution in [3.8, 4) is 11.3 Å². The number of nitrogens with zero attached hydrogens (tertiary/aromatic N) is 4. The van der Waals surface area contributed by atoms with Crippen molar-refractivity contribution in [1.82, 2.24) is 25.1 Å². The summed E-state index contributed by atoms with van der Waals surface area (Å²) < 4.78 is 6.66. The lowest BCUT2D eigenvalue weighted by Crippen LogP contribution is -2.25. The first-order valence-corrected chi connectivity index (χ1v) is 7.71. The van der Waals surface area contributed by atoms with E-state index >= 15 is 0 Å². The van der Waals surface area contributed by atoms with Gasteiger partial charge in [0.15, 0.2) is 5.65 Å². The number of carbonyl (C=O) groups excluding carboxylic acids is 1. The van der Waals surface area contributed by atoms with Crippen LogP contribution >= 0.6 is 0 Å². The van der Waals surface area contributed by atoms with Gasteiger partial charge in [0.2, 0.25) is 0 Å². The number of pyridine rings is 2. The van der Waals surface area contributed by atoms with Gasteiger partial charge in [0.1, 0.15) is 0 Å². The van der Waals surface area contributed by atoms with Gasteiger partial charge in [-0.3, -0.25) is 14.5 Å². The molecule has 0 radical (unpaired) electrons. The predicted molar refractivity (Wildman–Crippen MR) is 90.6 cm³/mol. The minimum absolute atomic E-state index is 0.142. The van der Waals surface area contributed by atoms with Gasteiger partial charge >= 0.3 is 0 Å². The molecule has 3 heterocycles. The van der Waals surface area contributed by atoms with Gasteiger partial charge in [0, 0.05) is 45.3 Å². The van der Waals surface area contributed by atoms with Gasteiger partial charge in [-0.15, -0.1) is 0 Å². The standard InChI is InChI=1S/C17H19N5O2/c1-22-16-14(11-20-22)13(17(23)19-7-4-8-24-2)9-15(21-16)12-5-3-6-18-10-12/h3,5-6,9-11H,4,7-8H2,1-2H3,(H,19,23). The molecule has 0 aliphatic heterocycles. The zero-order valence-corrected chi connectivity index (χ0v) is 13.7. The number of ether oxygens (including phenoxy) is 1. The highest BCUT2D eigenvalue weighted by molar-refractivity contribution is 6.06. The molecular formula is C17H19N5O2. The third-order valence-electron chi connectivity index (χ3n) is 3.72. The molecule has 0 aromatic carbocycles. The molecule has 0 bridgehead atoms. The molecule has 1 N–H and O–H groups in total. The van der Waals surface area contributed by atoms with Crippen molar-refractivity contribution in [2.24, 2.45) is 7.05 Å². The quantitative estimate of drug-likeness (QED) is 0.699. The zero-order chi connectivity index (χ0) is 16.9. The number of amides is 1. The third kappa shape index (κ3) is 3.26. The van der Waals surface area contributed by atoms with Crippen molar-refractivity contribution in [1.29, 1.82) is 0 Å². The van der Waals surface area contributed by atoms with Gasteiger partial charge < -0.3 is 10.1 Å². The second kappa shape index (κ2) is 7.18. The van der Waals surface area contributed by atoms with E-state index in [2.05, 4.69) is 20.4 Å². The van der Waals surface area contributed by atoms with Crippen LogP contribution in [0.5, 0.6) is 0 Å². The maximum atomic E-state index is 12.6. The molecule has 0 fully saturated rings. The number of aryl methyl sites for hydroxylation is 1. The van der Waals surface area contributed by atoms with E-state index in [4.69, 9.17) is 4.74 Å². The summed E-state index contributed by atoms with van der Waals surface area (Å²) in [6.45, 7) is 1.17. The van der Waals surface area contributed by atoms with Gasteiger partial charge in [-0.1, -0.05) is 0 Å². The number of methoxy groups -OCH3 is 1. The lowest BCUT2D eigenvalue weighted by Gasteiger charge is -2.08. The smallest absolute Gasteiger partial charge is 0.252 e. The Balaban J connectivity index is 1.98. The molecule has 3 aromatic rings. The molecule has 0 spiro atoms. The number of carbonyl (C=O) groups is 1. The van der Waals surface area contributed by atoms with Gasteiger partial charge in [-0.05, 0) is 24.6 Å². The molecule has 0 aliphatic rings. The lowest BCUT2D eigenvalue weighted by atomic mass is 10.1. The van der Waals surface area contributed by atoms with E-state index in [1.165, 1.54) is 0 Å². The molecule has 1 amide bonds. The van der Waals surface area contributed by atoms with Crippen LogP contribution in [0.3, 0.4) is 0 Å². The Morgan fingerprint density at radius 3 is 3.00 bits per heavy atom. The van der Waals surface area contributed by atoms with Gasteiger partial charge in [0.05, 0.1) is 22.8 Å². The molecule has 124 valence electrons. The second-order valence-corrected chi connectivity index (χ2v) is 5.40. The van der Waals surface area contributed by atoms with Crippen molar-refractivity contribution >= 4 is 16.9 Å². The van der Waals surface area contributed by atoms with Crippen molar-refractivity contribution in [3.63, 3.8) is 0 Å². The first-order chi connectivity index (χ1) is 11.7. The first kappa shape index (κ1) is 16.1. The summed E-state index contributed by atoms with van der Waals surface area (Å²) in [5.74, 6) is -0.142. The van der Waals surface area contributed by atoms with E-state index in [1.54, 1.807) is 36.4 Å². The van der Waals surface area contributed by atoms with Crippen molar-refractivity contribution in [2.45, 2.75) is 6.42 Å². The average molecular weight is 325 g/mol. The summed E-state index contributed by atoms with van der Waals surface area (Å²) in [5.41, 5.74) is 2.78. The minimum Gasteiger partial charge on any atom is -0.385 e. The van der Waals surface area contributed by atoms with Gasteiger partial charge in [-0.25, -0.2) is 4.98 Å². The van der Waals surface area contributed by atoms with Crippen molar-refractivity contribution < 1.29 is 9.53 Å². The van der Waals surface area contributed by atoms with Crippen LogP contribution in [-0.4, -0.2) is 45.9 Å². The molecule has 0 aliphatic carbocycles. The summed E-state index contributed by atoms with van der Waals surface area (Å²) >= 11 is 0. The molecule has 0 saturated heterocycles. The Morgan fingerprint density at radius 2 is 2.25 bits per heavy atom. The van der Waals surface area contributed by atoms with Crippen LogP contribution in [0.25, 0.3) is 22.3 Å². The summed E-state index contributed by atoms with van der Waals surface area (Å²) in [7, 11) is 3.45. The molecule has 0 unspecified atom stereocenters. The van der Waals surface area contributed by atoms with Crippen LogP contribution in [0.4, 0.5) is 0 Å². The maximum absolute atomic E-state index is 12.6. The van der Waals surface area contributed by atoms with Crippen LogP contribution in [-0.2, 0) is 11.8 Å². The number of hydrogen-bond acceptors (Lipinski definition) is 5. The SMILES string of the molecule is COCCCNC(=O)c1cc(-c2cccnc2)nc2c1cnn2C. The largest absolute Gasteiger partial charge is 0.385 e. The monoisotopic (exact) mass is 325 g/mol. The summed E-state index contributed by atoms with van der Waals surface area (Å²) in [4.78, 5) is 21.3. The Kier molecular flexibility index (Phi) is 4.81.